The maximum Gasteiger partial charge on any atom is 0.255 e. The molecule has 9 heteroatoms. The summed E-state index contributed by atoms with van der Waals surface area (Å²) in [7, 11) is 0. The van der Waals surface area contributed by atoms with Gasteiger partial charge in [-0.15, -0.1) is 11.3 Å². The summed E-state index contributed by atoms with van der Waals surface area (Å²) in [6.45, 7) is 1.70. The number of nitrogens with zero attached hydrogens (tertiary/aromatic N) is 3. The molecule has 0 saturated carbocycles. The summed E-state index contributed by atoms with van der Waals surface area (Å²) in [5, 5.41) is 3.17. The van der Waals surface area contributed by atoms with Crippen LogP contribution in [0.5, 0.6) is 0 Å². The van der Waals surface area contributed by atoms with E-state index in [1.54, 1.807) is 49.8 Å². The lowest BCUT2D eigenvalue weighted by Gasteiger charge is -2.07. The molecule has 0 saturated heterocycles. The zero-order valence-corrected chi connectivity index (χ0v) is 17.4. The van der Waals surface area contributed by atoms with E-state index in [1.165, 1.54) is 23.5 Å². The molecule has 1 aromatic carbocycles. The summed E-state index contributed by atoms with van der Waals surface area (Å²) in [6.07, 6.45) is 5.39. The summed E-state index contributed by atoms with van der Waals surface area (Å²) in [5.74, 6) is -0.230. The number of carbonyl (C=O) groups is 1. The van der Waals surface area contributed by atoms with Crippen LogP contribution in [0.25, 0.3) is 11.4 Å². The van der Waals surface area contributed by atoms with E-state index >= 15 is 0 Å². The Morgan fingerprint density at radius 3 is 2.71 bits per heavy atom. The van der Waals surface area contributed by atoms with Crippen LogP contribution in [0, 0.1) is 12.7 Å². The van der Waals surface area contributed by atoms with Crippen LogP contribution in [-0.2, 0) is 17.6 Å². The third-order valence-corrected chi connectivity index (χ3v) is 5.50. The highest BCUT2D eigenvalue weighted by Crippen LogP contribution is 2.21. The molecule has 0 radical (unpaired) electrons. The number of aryl methyl sites for hydroxylation is 1. The average Bonchev–Trinajstić information content (AvgIpc) is 3.19. The highest BCUT2D eigenvalue weighted by Gasteiger charge is 2.15. The molecule has 3 aromatic heterocycles. The second kappa shape index (κ2) is 8.97. The number of hydrogen-bond donors (Lipinski definition) is 2. The van der Waals surface area contributed by atoms with Gasteiger partial charge in [0.15, 0.2) is 5.13 Å². The fourth-order valence-electron chi connectivity index (χ4n) is 3.03. The van der Waals surface area contributed by atoms with Crippen molar-refractivity contribution in [2.45, 2.75) is 19.8 Å². The predicted octanol–water partition coefficient (Wildman–Crippen LogP) is 3.51. The van der Waals surface area contributed by atoms with Crippen LogP contribution in [0.4, 0.5) is 9.52 Å². The minimum Gasteiger partial charge on any atom is -0.306 e. The number of aromatic nitrogens is 4. The molecule has 4 rings (SSSR count). The molecule has 7 nitrogen and oxygen atoms in total. The molecule has 0 atom stereocenters. The first-order chi connectivity index (χ1) is 15.0. The lowest BCUT2D eigenvalue weighted by Crippen LogP contribution is -2.23. The van der Waals surface area contributed by atoms with Gasteiger partial charge in [-0.3, -0.25) is 14.6 Å². The van der Waals surface area contributed by atoms with Crippen LogP contribution < -0.4 is 10.9 Å². The summed E-state index contributed by atoms with van der Waals surface area (Å²) < 4.78 is 13.0. The van der Waals surface area contributed by atoms with Gasteiger partial charge in [0.05, 0.1) is 6.42 Å². The van der Waals surface area contributed by atoms with Crippen molar-refractivity contribution in [1.82, 2.24) is 19.9 Å². The Morgan fingerprint density at radius 1 is 1.19 bits per heavy atom. The van der Waals surface area contributed by atoms with Gasteiger partial charge < -0.3 is 10.3 Å². The van der Waals surface area contributed by atoms with E-state index < -0.39 is 0 Å². The number of rotatable bonds is 6. The normalized spacial score (nSPS) is 10.8. The molecule has 2 N–H and O–H groups in total. The molecule has 0 aliphatic carbocycles. The summed E-state index contributed by atoms with van der Waals surface area (Å²) in [5.41, 5.74) is 2.06. The highest BCUT2D eigenvalue weighted by atomic mass is 32.1. The van der Waals surface area contributed by atoms with Crippen molar-refractivity contribution in [3.8, 4) is 11.4 Å². The number of aromatic amines is 1. The molecule has 0 aliphatic heterocycles. The van der Waals surface area contributed by atoms with Crippen molar-refractivity contribution < 1.29 is 9.18 Å². The monoisotopic (exact) mass is 435 g/mol. The molecular formula is C22H18FN5O2S. The van der Waals surface area contributed by atoms with Crippen molar-refractivity contribution in [1.29, 1.82) is 0 Å². The van der Waals surface area contributed by atoms with Crippen molar-refractivity contribution >= 4 is 22.4 Å². The zero-order valence-electron chi connectivity index (χ0n) is 16.6. The molecule has 156 valence electrons. The maximum atomic E-state index is 13.0. The number of benzene rings is 1. The topological polar surface area (TPSA) is 101 Å². The SMILES string of the molecule is Cc1nc(-c2cccnc2)[nH]c(=O)c1CC(=O)Nc1ncc(Cc2ccc(F)cc2)s1. The average molecular weight is 435 g/mol. The van der Waals surface area contributed by atoms with Crippen LogP contribution in [-0.4, -0.2) is 25.8 Å². The lowest BCUT2D eigenvalue weighted by atomic mass is 10.1. The summed E-state index contributed by atoms with van der Waals surface area (Å²) in [6, 6.07) is 9.79. The first kappa shape index (κ1) is 20.5. The third kappa shape index (κ3) is 5.07. The quantitative estimate of drug-likeness (QED) is 0.483. The molecule has 0 aliphatic rings. The first-order valence-electron chi connectivity index (χ1n) is 9.47. The molecule has 1 amide bonds. The van der Waals surface area contributed by atoms with E-state index in [-0.39, 0.29) is 23.7 Å². The number of anilines is 1. The van der Waals surface area contributed by atoms with Gasteiger partial charge in [0.1, 0.15) is 11.6 Å². The van der Waals surface area contributed by atoms with E-state index in [4.69, 9.17) is 0 Å². The van der Waals surface area contributed by atoms with Crippen LogP contribution in [0.3, 0.4) is 0 Å². The number of thiazole rings is 1. The minimum atomic E-state index is -0.363. The van der Waals surface area contributed by atoms with E-state index in [0.29, 0.717) is 34.2 Å². The third-order valence-electron chi connectivity index (χ3n) is 4.59. The highest BCUT2D eigenvalue weighted by molar-refractivity contribution is 7.15. The van der Waals surface area contributed by atoms with E-state index in [0.717, 1.165) is 10.4 Å². The standard InChI is InChI=1S/C22H18FN5O2S/c1-13-18(21(30)28-20(26-13)15-3-2-8-24-11-15)10-19(29)27-22-25-12-17(31-22)9-14-4-6-16(23)7-5-14/h2-8,11-12H,9-10H2,1H3,(H,25,27,29)(H,26,28,30). The number of H-pyrrole nitrogens is 1. The van der Waals surface area contributed by atoms with Crippen molar-refractivity contribution in [3.63, 3.8) is 0 Å². The van der Waals surface area contributed by atoms with Gasteiger partial charge in [-0.1, -0.05) is 12.1 Å². The van der Waals surface area contributed by atoms with Gasteiger partial charge in [0, 0.05) is 46.7 Å². The van der Waals surface area contributed by atoms with Crippen molar-refractivity contribution in [2.75, 3.05) is 5.32 Å². The van der Waals surface area contributed by atoms with Gasteiger partial charge in [0.2, 0.25) is 5.91 Å². The number of amides is 1. The molecule has 0 fully saturated rings. The largest absolute Gasteiger partial charge is 0.306 e. The van der Waals surface area contributed by atoms with Crippen LogP contribution in [0.2, 0.25) is 0 Å². The Balaban J connectivity index is 1.43. The molecular weight excluding hydrogens is 417 g/mol. The summed E-state index contributed by atoms with van der Waals surface area (Å²) in [4.78, 5) is 41.3. The Bertz CT molecular complexity index is 1270. The van der Waals surface area contributed by atoms with Crippen LogP contribution >= 0.6 is 11.3 Å². The minimum absolute atomic E-state index is 0.117. The van der Waals surface area contributed by atoms with Gasteiger partial charge in [-0.05, 0) is 36.8 Å². The Labute approximate surface area is 181 Å². The Hall–Kier alpha value is -3.72. The van der Waals surface area contributed by atoms with Crippen molar-refractivity contribution in [2.24, 2.45) is 0 Å². The number of carbonyl (C=O) groups excluding carboxylic acids is 1. The second-order valence-corrected chi connectivity index (χ2v) is 8.00. The molecule has 0 spiro atoms. The fraction of sp³-hybridized carbons (Fsp3) is 0.136. The maximum absolute atomic E-state index is 13.0. The van der Waals surface area contributed by atoms with Gasteiger partial charge in [-0.25, -0.2) is 14.4 Å². The molecule has 0 unspecified atom stereocenters. The predicted molar refractivity (Wildman–Crippen MR) is 116 cm³/mol. The molecule has 31 heavy (non-hydrogen) atoms. The second-order valence-electron chi connectivity index (χ2n) is 6.88. The number of hydrogen-bond acceptors (Lipinski definition) is 6. The fourth-order valence-corrected chi connectivity index (χ4v) is 3.90. The lowest BCUT2D eigenvalue weighted by molar-refractivity contribution is -0.115. The Kier molecular flexibility index (Phi) is 5.94. The number of halogens is 1. The Morgan fingerprint density at radius 2 is 2.00 bits per heavy atom. The molecule has 4 aromatic rings. The van der Waals surface area contributed by atoms with Gasteiger partial charge >= 0.3 is 0 Å². The van der Waals surface area contributed by atoms with Crippen LogP contribution in [0.1, 0.15) is 21.7 Å². The van der Waals surface area contributed by atoms with Gasteiger partial charge in [0.25, 0.3) is 5.56 Å². The number of nitrogens with one attached hydrogen (secondary N) is 2. The van der Waals surface area contributed by atoms with Crippen molar-refractivity contribution in [3.05, 3.63) is 92.9 Å². The van der Waals surface area contributed by atoms with Gasteiger partial charge in [-0.2, -0.15) is 0 Å². The summed E-state index contributed by atoms with van der Waals surface area (Å²) >= 11 is 1.33. The van der Waals surface area contributed by atoms with E-state index in [2.05, 4.69) is 25.3 Å². The molecule has 3 heterocycles. The van der Waals surface area contributed by atoms with E-state index in [1.807, 2.05) is 0 Å². The molecule has 0 bridgehead atoms. The smallest absolute Gasteiger partial charge is 0.255 e. The zero-order chi connectivity index (χ0) is 21.8. The number of pyridine rings is 1. The van der Waals surface area contributed by atoms with Crippen LogP contribution in [0.15, 0.2) is 59.8 Å². The van der Waals surface area contributed by atoms with E-state index in [9.17, 15) is 14.0 Å². The first-order valence-corrected chi connectivity index (χ1v) is 10.3.